The summed E-state index contributed by atoms with van der Waals surface area (Å²) in [6.45, 7) is 7.55. The number of aryl methyl sites for hydroxylation is 1. The van der Waals surface area contributed by atoms with E-state index in [1.54, 1.807) is 57.4 Å². The number of methoxy groups -OCH3 is 2. The molecule has 1 aliphatic rings. The molecule has 0 N–H and O–H groups in total. The Hall–Kier alpha value is -4.30. The van der Waals surface area contributed by atoms with Crippen molar-refractivity contribution in [2.24, 2.45) is 0 Å². The molecule has 4 rings (SSSR count). The van der Waals surface area contributed by atoms with Crippen molar-refractivity contribution in [2.45, 2.75) is 27.7 Å². The number of carbonyl (C=O) groups excluding carboxylic acids is 3. The summed E-state index contributed by atoms with van der Waals surface area (Å²) < 4.78 is 17.4. The highest BCUT2D eigenvalue weighted by Crippen LogP contribution is 2.37. The summed E-state index contributed by atoms with van der Waals surface area (Å²) in [7, 11) is 2.84. The molecule has 1 aromatic heterocycles. The Labute approximate surface area is 232 Å². The number of benzene rings is 2. The highest BCUT2D eigenvalue weighted by molar-refractivity contribution is 6.32. The van der Waals surface area contributed by atoms with Gasteiger partial charge in [-0.15, -0.1) is 0 Å². The zero-order valence-corrected chi connectivity index (χ0v) is 23.4. The van der Waals surface area contributed by atoms with Crippen molar-refractivity contribution in [1.29, 1.82) is 0 Å². The molecule has 0 saturated heterocycles. The molecular weight excluding hydrogens is 520 g/mol. The first-order valence-electron chi connectivity index (χ1n) is 12.3. The first-order chi connectivity index (χ1) is 18.6. The van der Waals surface area contributed by atoms with Crippen LogP contribution in [-0.4, -0.2) is 43.2 Å². The van der Waals surface area contributed by atoms with Crippen molar-refractivity contribution in [3.05, 3.63) is 92.9 Å². The number of ether oxygens (including phenoxy) is 3. The summed E-state index contributed by atoms with van der Waals surface area (Å²) in [6.07, 6.45) is 1.70. The fourth-order valence-corrected chi connectivity index (χ4v) is 4.98. The van der Waals surface area contributed by atoms with Crippen molar-refractivity contribution >= 4 is 41.2 Å². The second kappa shape index (κ2) is 11.2. The molecule has 0 spiro atoms. The Bertz CT molecular complexity index is 1530. The van der Waals surface area contributed by atoms with E-state index in [0.29, 0.717) is 27.7 Å². The van der Waals surface area contributed by atoms with Gasteiger partial charge < -0.3 is 18.8 Å². The van der Waals surface area contributed by atoms with Crippen LogP contribution >= 0.6 is 11.6 Å². The zero-order valence-electron chi connectivity index (χ0n) is 22.6. The topological polar surface area (TPSA) is 87.1 Å². The normalized spacial score (nSPS) is 14.3. The second-order valence-electron chi connectivity index (χ2n) is 8.90. The number of amides is 1. The fraction of sp³-hybridized carbons (Fsp3) is 0.233. The Morgan fingerprint density at radius 2 is 1.62 bits per heavy atom. The van der Waals surface area contributed by atoms with E-state index in [1.807, 2.05) is 36.6 Å². The summed E-state index contributed by atoms with van der Waals surface area (Å²) in [6, 6.07) is 13.9. The lowest BCUT2D eigenvalue weighted by molar-refractivity contribution is -0.136. The van der Waals surface area contributed by atoms with Gasteiger partial charge in [-0.05, 0) is 87.9 Å². The third-order valence-electron chi connectivity index (χ3n) is 6.59. The van der Waals surface area contributed by atoms with Crippen molar-refractivity contribution in [3.8, 4) is 11.4 Å². The highest BCUT2D eigenvalue weighted by Gasteiger charge is 2.38. The molecule has 39 heavy (non-hydrogen) atoms. The Morgan fingerprint density at radius 3 is 2.21 bits per heavy atom. The molecule has 8 nitrogen and oxygen atoms in total. The van der Waals surface area contributed by atoms with Crippen LogP contribution in [0.1, 0.15) is 41.2 Å². The van der Waals surface area contributed by atoms with Crippen molar-refractivity contribution < 1.29 is 28.6 Å². The minimum Gasteiger partial charge on any atom is -0.495 e. The minimum atomic E-state index is -0.617. The Balaban J connectivity index is 1.77. The predicted molar refractivity (Wildman–Crippen MR) is 149 cm³/mol. The summed E-state index contributed by atoms with van der Waals surface area (Å²) in [5.41, 5.74) is 5.05. The summed E-state index contributed by atoms with van der Waals surface area (Å²) in [5, 5.41) is 0.476. The van der Waals surface area contributed by atoms with E-state index in [-0.39, 0.29) is 23.7 Å². The molecule has 2 heterocycles. The summed E-state index contributed by atoms with van der Waals surface area (Å²) >= 11 is 6.37. The molecular formula is C30H29ClN2O6. The maximum atomic E-state index is 13.7. The molecule has 0 radical (unpaired) electrons. The smallest absolute Gasteiger partial charge is 0.340 e. The molecule has 2 aromatic carbocycles. The molecule has 0 bridgehead atoms. The van der Waals surface area contributed by atoms with Gasteiger partial charge in [0, 0.05) is 28.5 Å². The zero-order chi connectivity index (χ0) is 28.4. The first-order valence-corrected chi connectivity index (χ1v) is 12.7. The van der Waals surface area contributed by atoms with E-state index in [1.165, 1.54) is 12.0 Å². The van der Waals surface area contributed by atoms with Crippen LogP contribution in [0.25, 0.3) is 11.8 Å². The van der Waals surface area contributed by atoms with Gasteiger partial charge in [0.05, 0.1) is 42.6 Å². The quantitative estimate of drug-likeness (QED) is 0.273. The van der Waals surface area contributed by atoms with Gasteiger partial charge in [0.2, 0.25) is 0 Å². The van der Waals surface area contributed by atoms with E-state index >= 15 is 0 Å². The van der Waals surface area contributed by atoms with Crippen molar-refractivity contribution in [2.75, 3.05) is 25.7 Å². The van der Waals surface area contributed by atoms with Crippen LogP contribution in [0.15, 0.2) is 65.4 Å². The molecule has 1 amide bonds. The Morgan fingerprint density at radius 1 is 0.949 bits per heavy atom. The number of nitrogens with zero attached hydrogens (tertiary/aromatic N) is 2. The predicted octanol–water partition coefficient (Wildman–Crippen LogP) is 5.81. The number of carbonyl (C=O) groups is 3. The second-order valence-corrected chi connectivity index (χ2v) is 9.31. The van der Waals surface area contributed by atoms with Crippen LogP contribution in [0, 0.1) is 13.8 Å². The van der Waals surface area contributed by atoms with Gasteiger partial charge >= 0.3 is 11.9 Å². The summed E-state index contributed by atoms with van der Waals surface area (Å²) in [4.78, 5) is 40.1. The molecule has 3 aromatic rings. The number of aromatic nitrogens is 1. The van der Waals surface area contributed by atoms with Gasteiger partial charge in [0.1, 0.15) is 5.75 Å². The fourth-order valence-electron chi connectivity index (χ4n) is 4.73. The van der Waals surface area contributed by atoms with Crippen LogP contribution in [0.5, 0.6) is 5.75 Å². The van der Waals surface area contributed by atoms with Crippen LogP contribution < -0.4 is 9.64 Å². The average Bonchev–Trinajstić information content (AvgIpc) is 3.34. The first kappa shape index (κ1) is 27.7. The molecule has 0 saturated carbocycles. The highest BCUT2D eigenvalue weighted by atomic mass is 35.5. The van der Waals surface area contributed by atoms with Gasteiger partial charge in [-0.3, -0.25) is 9.69 Å². The number of rotatable bonds is 7. The molecule has 0 aliphatic carbocycles. The molecule has 0 unspecified atom stereocenters. The van der Waals surface area contributed by atoms with E-state index in [2.05, 4.69) is 0 Å². The van der Waals surface area contributed by atoms with Crippen molar-refractivity contribution in [1.82, 2.24) is 4.57 Å². The maximum absolute atomic E-state index is 13.7. The van der Waals surface area contributed by atoms with Gasteiger partial charge in [-0.25, -0.2) is 9.59 Å². The third-order valence-corrected chi connectivity index (χ3v) is 6.89. The lowest BCUT2D eigenvalue weighted by Crippen LogP contribution is -2.24. The van der Waals surface area contributed by atoms with E-state index < -0.39 is 11.9 Å². The van der Waals surface area contributed by atoms with E-state index in [0.717, 1.165) is 22.6 Å². The van der Waals surface area contributed by atoms with Crippen molar-refractivity contribution in [3.63, 3.8) is 0 Å². The molecule has 0 fully saturated rings. The third kappa shape index (κ3) is 5.07. The summed E-state index contributed by atoms with van der Waals surface area (Å²) in [5.74, 6) is -0.878. The van der Waals surface area contributed by atoms with Crippen LogP contribution in [0.2, 0.25) is 5.02 Å². The largest absolute Gasteiger partial charge is 0.495 e. The van der Waals surface area contributed by atoms with Gasteiger partial charge in [0.25, 0.3) is 5.91 Å². The van der Waals surface area contributed by atoms with Gasteiger partial charge in [-0.1, -0.05) is 11.6 Å². The number of halogens is 1. The van der Waals surface area contributed by atoms with E-state index in [4.69, 9.17) is 25.8 Å². The van der Waals surface area contributed by atoms with E-state index in [9.17, 15) is 14.4 Å². The van der Waals surface area contributed by atoms with Gasteiger partial charge in [0.15, 0.2) is 0 Å². The molecule has 202 valence electrons. The lowest BCUT2D eigenvalue weighted by Gasteiger charge is -2.18. The number of anilines is 1. The standard InChI is InChI=1S/C30H29ClN2O6/c1-7-39-29(35)20-8-10-22(11-9-20)33-19(4)27(30(36)38-6)24(28(33)34)15-21-14-17(2)32(18(21)3)23-12-13-26(37-5)25(31)16-23/h8-16H,7H2,1-6H3/b24-15-. The number of hydrogen-bond acceptors (Lipinski definition) is 6. The molecule has 1 aliphatic heterocycles. The molecule has 9 heteroatoms. The maximum Gasteiger partial charge on any atom is 0.340 e. The number of allylic oxidation sites excluding steroid dienone is 1. The van der Waals surface area contributed by atoms with Gasteiger partial charge in [-0.2, -0.15) is 0 Å². The average molecular weight is 549 g/mol. The van der Waals surface area contributed by atoms with Crippen LogP contribution in [-0.2, 0) is 19.1 Å². The number of hydrogen-bond donors (Lipinski definition) is 0. The minimum absolute atomic E-state index is 0.175. The molecule has 0 atom stereocenters. The van der Waals surface area contributed by atoms with Crippen LogP contribution in [0.4, 0.5) is 5.69 Å². The number of esters is 2. The van der Waals surface area contributed by atoms with Crippen LogP contribution in [0.3, 0.4) is 0 Å². The SMILES string of the molecule is CCOC(=O)c1ccc(N2C(=O)/C(=C\c3cc(C)n(-c4ccc(OC)c(Cl)c4)c3C)C(C(=O)OC)=C2C)cc1. The lowest BCUT2D eigenvalue weighted by atomic mass is 10.0. The monoisotopic (exact) mass is 548 g/mol. The Kier molecular flexibility index (Phi) is 7.97.